The largest absolute Gasteiger partial charge is 0.383 e. The summed E-state index contributed by atoms with van der Waals surface area (Å²) in [4.78, 5) is 16.3. The Morgan fingerprint density at radius 1 is 1.30 bits per heavy atom. The van der Waals surface area contributed by atoms with Crippen LogP contribution in [0.15, 0.2) is 36.5 Å². The van der Waals surface area contributed by atoms with Crippen LogP contribution in [0.4, 0.5) is 11.5 Å². The number of benzene rings is 1. The molecule has 0 bridgehead atoms. The minimum absolute atomic E-state index is 0.0721. The van der Waals surface area contributed by atoms with Crippen molar-refractivity contribution in [3.8, 4) is 0 Å². The number of aliphatic hydroxyl groups is 1. The summed E-state index contributed by atoms with van der Waals surface area (Å²) in [6.45, 7) is 1.42. The van der Waals surface area contributed by atoms with E-state index in [9.17, 15) is 9.90 Å². The Morgan fingerprint density at radius 3 is 2.96 bits per heavy atom. The number of aromatic nitrogens is 1. The number of nitrogens with one attached hydrogen (secondary N) is 2. The first kappa shape index (κ1) is 14.2. The second-order valence-electron chi connectivity index (χ2n) is 5.91. The van der Waals surface area contributed by atoms with Gasteiger partial charge in [0.2, 0.25) is 0 Å². The lowest BCUT2D eigenvalue weighted by molar-refractivity contribution is 0.0229. The van der Waals surface area contributed by atoms with E-state index >= 15 is 0 Å². The molecule has 6 heteroatoms. The van der Waals surface area contributed by atoms with Crippen LogP contribution < -0.4 is 10.6 Å². The molecule has 1 atom stereocenters. The normalized spacial score (nSPS) is 22.7. The van der Waals surface area contributed by atoms with Gasteiger partial charge in [-0.1, -0.05) is 18.2 Å². The van der Waals surface area contributed by atoms with Gasteiger partial charge < -0.3 is 20.5 Å². The lowest BCUT2D eigenvalue weighted by atomic mass is 9.95. The molecule has 3 N–H and O–H groups in total. The average molecular weight is 311 g/mol. The summed E-state index contributed by atoms with van der Waals surface area (Å²) in [5.41, 5.74) is 2.19. The highest BCUT2D eigenvalue weighted by Crippen LogP contribution is 2.31. The number of rotatable bonds is 3. The van der Waals surface area contributed by atoms with Crippen molar-refractivity contribution in [1.82, 2.24) is 10.3 Å². The van der Waals surface area contributed by atoms with Gasteiger partial charge in [0.25, 0.3) is 5.91 Å². The van der Waals surface area contributed by atoms with Gasteiger partial charge in [-0.05, 0) is 17.7 Å². The maximum atomic E-state index is 11.9. The fourth-order valence-corrected chi connectivity index (χ4v) is 3.05. The van der Waals surface area contributed by atoms with Crippen molar-refractivity contribution in [2.45, 2.75) is 18.6 Å². The van der Waals surface area contributed by atoms with Gasteiger partial charge in [0.05, 0.1) is 17.9 Å². The minimum Gasteiger partial charge on any atom is -0.383 e. The monoisotopic (exact) mass is 311 g/mol. The molecule has 23 heavy (non-hydrogen) atoms. The standard InChI is InChI=1S/C17H17N3O3/c21-16-15-11(8-19-16)2-1-3-13(15)20-14-5-4-12(9-18-14)17(22)6-7-23-10-17/h1-5,9,22H,6-8,10H2,(H,18,20)(H,19,21). The van der Waals surface area contributed by atoms with Crippen LogP contribution in [0.5, 0.6) is 0 Å². The van der Waals surface area contributed by atoms with Crippen LogP contribution in [-0.2, 0) is 16.9 Å². The number of pyridine rings is 1. The first-order valence-corrected chi connectivity index (χ1v) is 7.59. The third-order valence-electron chi connectivity index (χ3n) is 4.38. The predicted molar refractivity (Wildman–Crippen MR) is 84.5 cm³/mol. The van der Waals surface area contributed by atoms with Crippen molar-refractivity contribution < 1.29 is 14.6 Å². The fraction of sp³-hybridized carbons (Fsp3) is 0.294. The zero-order valence-corrected chi connectivity index (χ0v) is 12.5. The second-order valence-corrected chi connectivity index (χ2v) is 5.91. The molecule has 0 saturated carbocycles. The lowest BCUT2D eigenvalue weighted by Crippen LogP contribution is -2.25. The Labute approximate surface area is 133 Å². The number of hydrogen-bond acceptors (Lipinski definition) is 5. The number of fused-ring (bicyclic) bond motifs is 1. The van der Waals surface area contributed by atoms with E-state index in [1.807, 2.05) is 24.3 Å². The van der Waals surface area contributed by atoms with E-state index in [0.717, 1.165) is 16.8 Å². The highest BCUT2D eigenvalue weighted by Gasteiger charge is 2.34. The first-order chi connectivity index (χ1) is 11.2. The van der Waals surface area contributed by atoms with E-state index in [1.54, 1.807) is 12.3 Å². The van der Waals surface area contributed by atoms with Crippen LogP contribution in [0.25, 0.3) is 0 Å². The number of carbonyl (C=O) groups excluding carboxylic acids is 1. The zero-order chi connectivity index (χ0) is 15.9. The third-order valence-corrected chi connectivity index (χ3v) is 4.38. The van der Waals surface area contributed by atoms with Crippen LogP contribution in [0.1, 0.15) is 27.9 Å². The van der Waals surface area contributed by atoms with E-state index in [1.165, 1.54) is 0 Å². The molecule has 0 aliphatic carbocycles. The molecule has 1 unspecified atom stereocenters. The summed E-state index contributed by atoms with van der Waals surface area (Å²) in [6, 6.07) is 9.35. The molecule has 2 aliphatic rings. The summed E-state index contributed by atoms with van der Waals surface area (Å²) < 4.78 is 5.26. The molecule has 0 radical (unpaired) electrons. The van der Waals surface area contributed by atoms with Gasteiger partial charge in [0.15, 0.2) is 0 Å². The summed E-state index contributed by atoms with van der Waals surface area (Å²) >= 11 is 0. The fourth-order valence-electron chi connectivity index (χ4n) is 3.05. The van der Waals surface area contributed by atoms with Crippen molar-refractivity contribution in [2.75, 3.05) is 18.5 Å². The van der Waals surface area contributed by atoms with Crippen LogP contribution in [-0.4, -0.2) is 29.2 Å². The van der Waals surface area contributed by atoms with Gasteiger partial charge in [-0.15, -0.1) is 0 Å². The molecule has 1 saturated heterocycles. The van der Waals surface area contributed by atoms with Crippen molar-refractivity contribution in [2.24, 2.45) is 0 Å². The molecule has 6 nitrogen and oxygen atoms in total. The Bertz CT molecular complexity index is 752. The predicted octanol–water partition coefficient (Wildman–Crippen LogP) is 1.68. The van der Waals surface area contributed by atoms with Gasteiger partial charge in [0.1, 0.15) is 11.4 Å². The highest BCUT2D eigenvalue weighted by atomic mass is 16.5. The average Bonchev–Trinajstić information content (AvgIpc) is 3.16. The lowest BCUT2D eigenvalue weighted by Gasteiger charge is -2.20. The molecule has 118 valence electrons. The van der Waals surface area contributed by atoms with E-state index in [-0.39, 0.29) is 5.91 Å². The molecule has 2 aliphatic heterocycles. The number of hydrogen-bond donors (Lipinski definition) is 3. The van der Waals surface area contributed by atoms with E-state index in [2.05, 4.69) is 15.6 Å². The minimum atomic E-state index is -0.945. The van der Waals surface area contributed by atoms with Crippen LogP contribution in [0.2, 0.25) is 0 Å². The molecule has 0 spiro atoms. The molecule has 4 rings (SSSR count). The maximum absolute atomic E-state index is 11.9. The molecular formula is C17H17N3O3. The van der Waals surface area contributed by atoms with Gasteiger partial charge in [0, 0.05) is 31.3 Å². The molecule has 1 fully saturated rings. The number of amides is 1. The van der Waals surface area contributed by atoms with Crippen molar-refractivity contribution >= 4 is 17.4 Å². The number of ether oxygens (including phenoxy) is 1. The molecule has 1 aromatic heterocycles. The molecule has 2 aromatic rings. The molecule has 3 heterocycles. The van der Waals surface area contributed by atoms with Gasteiger partial charge in [-0.25, -0.2) is 4.98 Å². The summed E-state index contributed by atoms with van der Waals surface area (Å²) in [5, 5.41) is 16.5. The highest BCUT2D eigenvalue weighted by molar-refractivity contribution is 6.03. The SMILES string of the molecule is O=C1NCc2cccc(Nc3ccc(C4(O)CCOC4)cn3)c21. The van der Waals surface area contributed by atoms with Gasteiger partial charge >= 0.3 is 0 Å². The summed E-state index contributed by atoms with van der Waals surface area (Å²) in [7, 11) is 0. The van der Waals surface area contributed by atoms with Crippen molar-refractivity contribution in [3.05, 3.63) is 53.2 Å². The Hall–Kier alpha value is -2.44. The van der Waals surface area contributed by atoms with E-state index < -0.39 is 5.60 Å². The topological polar surface area (TPSA) is 83.5 Å². The Kier molecular flexibility index (Phi) is 3.28. The van der Waals surface area contributed by atoms with Gasteiger partial charge in [-0.2, -0.15) is 0 Å². The van der Waals surface area contributed by atoms with E-state index in [4.69, 9.17) is 4.74 Å². The third kappa shape index (κ3) is 2.46. The molecule has 1 amide bonds. The zero-order valence-electron chi connectivity index (χ0n) is 12.5. The van der Waals surface area contributed by atoms with Crippen molar-refractivity contribution in [3.63, 3.8) is 0 Å². The van der Waals surface area contributed by atoms with Crippen LogP contribution >= 0.6 is 0 Å². The quantitative estimate of drug-likeness (QED) is 0.803. The number of nitrogens with zero attached hydrogens (tertiary/aromatic N) is 1. The second kappa shape index (κ2) is 5.33. The first-order valence-electron chi connectivity index (χ1n) is 7.59. The van der Waals surface area contributed by atoms with E-state index in [0.29, 0.717) is 37.6 Å². The van der Waals surface area contributed by atoms with Crippen LogP contribution in [0.3, 0.4) is 0 Å². The number of carbonyl (C=O) groups is 1. The van der Waals surface area contributed by atoms with Crippen LogP contribution in [0, 0.1) is 0 Å². The van der Waals surface area contributed by atoms with Gasteiger partial charge in [-0.3, -0.25) is 4.79 Å². The smallest absolute Gasteiger partial charge is 0.254 e. The number of anilines is 2. The summed E-state index contributed by atoms with van der Waals surface area (Å²) in [5.74, 6) is 0.557. The Morgan fingerprint density at radius 2 is 2.22 bits per heavy atom. The Balaban J connectivity index is 1.59. The molecule has 1 aromatic carbocycles. The van der Waals surface area contributed by atoms with Crippen molar-refractivity contribution in [1.29, 1.82) is 0 Å². The summed E-state index contributed by atoms with van der Waals surface area (Å²) in [6.07, 6.45) is 2.23. The molecular weight excluding hydrogens is 294 g/mol. The maximum Gasteiger partial charge on any atom is 0.254 e.